The number of benzene rings is 1. The van der Waals surface area contributed by atoms with Crippen molar-refractivity contribution in [2.24, 2.45) is 5.41 Å². The SMILES string of the molecule is CCNCCC1(CCc2ccc(Br)cc2)CCCCC1. The summed E-state index contributed by atoms with van der Waals surface area (Å²) in [5.41, 5.74) is 2.09. The highest BCUT2D eigenvalue weighted by Gasteiger charge is 2.30. The first kappa shape index (κ1) is 16.0. The molecule has 0 spiro atoms. The van der Waals surface area contributed by atoms with Crippen LogP contribution in [0.4, 0.5) is 0 Å². The van der Waals surface area contributed by atoms with Crippen molar-refractivity contribution >= 4 is 15.9 Å². The second-order valence-electron chi connectivity index (χ2n) is 6.29. The summed E-state index contributed by atoms with van der Waals surface area (Å²) in [7, 11) is 0. The Morgan fingerprint density at radius 1 is 1.05 bits per heavy atom. The molecular formula is C18H28BrN. The summed E-state index contributed by atoms with van der Waals surface area (Å²) in [6.45, 7) is 4.50. The molecule has 1 aliphatic carbocycles. The summed E-state index contributed by atoms with van der Waals surface area (Å²) in [6.07, 6.45) is 11.2. The lowest BCUT2D eigenvalue weighted by atomic mass is 9.68. The van der Waals surface area contributed by atoms with Gasteiger partial charge in [0.1, 0.15) is 0 Å². The third-order valence-corrected chi connectivity index (χ3v) is 5.38. The van der Waals surface area contributed by atoms with Crippen LogP contribution in [0.15, 0.2) is 28.7 Å². The predicted molar refractivity (Wildman–Crippen MR) is 91.1 cm³/mol. The van der Waals surface area contributed by atoms with Crippen LogP contribution in [0.3, 0.4) is 0 Å². The predicted octanol–water partition coefficient (Wildman–Crippen LogP) is 5.33. The van der Waals surface area contributed by atoms with Crippen LogP contribution in [-0.4, -0.2) is 13.1 Å². The van der Waals surface area contributed by atoms with Crippen molar-refractivity contribution < 1.29 is 0 Å². The summed E-state index contributed by atoms with van der Waals surface area (Å²) in [4.78, 5) is 0. The molecule has 1 aromatic carbocycles. The molecule has 1 fully saturated rings. The van der Waals surface area contributed by atoms with Crippen molar-refractivity contribution in [1.29, 1.82) is 0 Å². The molecule has 0 aromatic heterocycles. The van der Waals surface area contributed by atoms with Gasteiger partial charge in [-0.25, -0.2) is 0 Å². The van der Waals surface area contributed by atoms with Crippen molar-refractivity contribution in [3.63, 3.8) is 0 Å². The van der Waals surface area contributed by atoms with Crippen LogP contribution in [0.1, 0.15) is 57.4 Å². The van der Waals surface area contributed by atoms with Gasteiger partial charge in [-0.3, -0.25) is 0 Å². The zero-order valence-electron chi connectivity index (χ0n) is 12.8. The number of nitrogens with one attached hydrogen (secondary N) is 1. The van der Waals surface area contributed by atoms with Gasteiger partial charge in [-0.2, -0.15) is 0 Å². The minimum absolute atomic E-state index is 0.605. The molecule has 0 bridgehead atoms. The van der Waals surface area contributed by atoms with Gasteiger partial charge in [-0.1, -0.05) is 54.2 Å². The van der Waals surface area contributed by atoms with Gasteiger partial charge >= 0.3 is 0 Å². The Bertz CT molecular complexity index is 379. The van der Waals surface area contributed by atoms with E-state index < -0.39 is 0 Å². The highest BCUT2D eigenvalue weighted by Crippen LogP contribution is 2.42. The van der Waals surface area contributed by atoms with E-state index in [1.807, 2.05) is 0 Å². The van der Waals surface area contributed by atoms with Crippen LogP contribution in [0.25, 0.3) is 0 Å². The fourth-order valence-electron chi connectivity index (χ4n) is 3.52. The molecule has 2 rings (SSSR count). The molecule has 1 N–H and O–H groups in total. The highest BCUT2D eigenvalue weighted by atomic mass is 79.9. The van der Waals surface area contributed by atoms with E-state index in [1.54, 1.807) is 0 Å². The first-order valence-electron chi connectivity index (χ1n) is 8.19. The lowest BCUT2D eigenvalue weighted by Gasteiger charge is -2.38. The molecular weight excluding hydrogens is 310 g/mol. The van der Waals surface area contributed by atoms with Crippen molar-refractivity contribution in [3.05, 3.63) is 34.3 Å². The first-order chi connectivity index (χ1) is 9.74. The van der Waals surface area contributed by atoms with E-state index in [-0.39, 0.29) is 0 Å². The van der Waals surface area contributed by atoms with Gasteiger partial charge in [-0.15, -0.1) is 0 Å². The van der Waals surface area contributed by atoms with Gasteiger partial charge < -0.3 is 5.32 Å². The third kappa shape index (κ3) is 4.89. The molecule has 0 atom stereocenters. The minimum atomic E-state index is 0.605. The summed E-state index contributed by atoms with van der Waals surface area (Å²) in [5.74, 6) is 0. The largest absolute Gasteiger partial charge is 0.317 e. The van der Waals surface area contributed by atoms with Crippen LogP contribution in [0, 0.1) is 5.41 Å². The second kappa shape index (κ2) is 8.19. The third-order valence-electron chi connectivity index (χ3n) is 4.85. The van der Waals surface area contributed by atoms with Crippen LogP contribution in [0.5, 0.6) is 0 Å². The number of hydrogen-bond donors (Lipinski definition) is 1. The molecule has 0 unspecified atom stereocenters. The normalized spacial score (nSPS) is 18.1. The Morgan fingerprint density at radius 2 is 1.75 bits per heavy atom. The molecule has 112 valence electrons. The molecule has 0 saturated heterocycles. The standard InChI is InChI=1S/C18H28BrN/c1-2-20-15-14-18(11-4-3-5-12-18)13-10-16-6-8-17(19)9-7-16/h6-9,20H,2-5,10-15H2,1H3. The second-order valence-corrected chi connectivity index (χ2v) is 7.21. The Kier molecular flexibility index (Phi) is 6.57. The van der Waals surface area contributed by atoms with Crippen LogP contribution in [-0.2, 0) is 6.42 Å². The van der Waals surface area contributed by atoms with Crippen molar-refractivity contribution in [3.8, 4) is 0 Å². The number of rotatable bonds is 7. The molecule has 0 amide bonds. The monoisotopic (exact) mass is 337 g/mol. The lowest BCUT2D eigenvalue weighted by molar-refractivity contribution is 0.157. The van der Waals surface area contributed by atoms with Crippen LogP contribution < -0.4 is 5.32 Å². The molecule has 1 nitrogen and oxygen atoms in total. The maximum atomic E-state index is 3.52. The van der Waals surface area contributed by atoms with E-state index in [4.69, 9.17) is 0 Å². The summed E-state index contributed by atoms with van der Waals surface area (Å²) >= 11 is 3.52. The maximum absolute atomic E-state index is 3.52. The van der Waals surface area contributed by atoms with Gasteiger partial charge in [0.2, 0.25) is 0 Å². The molecule has 1 aliphatic rings. The van der Waals surface area contributed by atoms with Crippen molar-refractivity contribution in [2.45, 2.75) is 58.3 Å². The Morgan fingerprint density at radius 3 is 2.40 bits per heavy atom. The topological polar surface area (TPSA) is 12.0 Å². The lowest BCUT2D eigenvalue weighted by Crippen LogP contribution is -2.29. The van der Waals surface area contributed by atoms with E-state index in [0.29, 0.717) is 5.41 Å². The van der Waals surface area contributed by atoms with Crippen LogP contribution in [0.2, 0.25) is 0 Å². The zero-order valence-corrected chi connectivity index (χ0v) is 14.3. The van der Waals surface area contributed by atoms with E-state index in [9.17, 15) is 0 Å². The summed E-state index contributed by atoms with van der Waals surface area (Å²) in [5, 5.41) is 3.52. The first-order valence-corrected chi connectivity index (χ1v) is 8.99. The van der Waals surface area contributed by atoms with Gasteiger partial charge in [0.25, 0.3) is 0 Å². The van der Waals surface area contributed by atoms with E-state index in [2.05, 4.69) is 52.4 Å². The summed E-state index contributed by atoms with van der Waals surface area (Å²) < 4.78 is 1.18. The average Bonchev–Trinajstić information content (AvgIpc) is 2.48. The van der Waals surface area contributed by atoms with Crippen molar-refractivity contribution in [1.82, 2.24) is 5.32 Å². The Hall–Kier alpha value is -0.340. The van der Waals surface area contributed by atoms with E-state index in [0.717, 1.165) is 6.54 Å². The molecule has 1 aromatic rings. The number of aryl methyl sites for hydroxylation is 1. The van der Waals surface area contributed by atoms with Crippen LogP contribution >= 0.6 is 15.9 Å². The molecule has 0 radical (unpaired) electrons. The van der Waals surface area contributed by atoms with Gasteiger partial charge in [-0.05, 0) is 68.3 Å². The smallest absolute Gasteiger partial charge is 0.0175 e. The van der Waals surface area contributed by atoms with Crippen molar-refractivity contribution in [2.75, 3.05) is 13.1 Å². The highest BCUT2D eigenvalue weighted by molar-refractivity contribution is 9.10. The number of hydrogen-bond acceptors (Lipinski definition) is 1. The Balaban J connectivity index is 1.91. The maximum Gasteiger partial charge on any atom is 0.0175 e. The van der Waals surface area contributed by atoms with E-state index >= 15 is 0 Å². The van der Waals surface area contributed by atoms with Gasteiger partial charge in [0.15, 0.2) is 0 Å². The van der Waals surface area contributed by atoms with Gasteiger partial charge in [0.05, 0.1) is 0 Å². The molecule has 1 saturated carbocycles. The zero-order chi connectivity index (χ0) is 14.3. The van der Waals surface area contributed by atoms with Gasteiger partial charge in [0, 0.05) is 4.47 Å². The molecule has 0 heterocycles. The summed E-state index contributed by atoms with van der Waals surface area (Å²) in [6, 6.07) is 8.87. The molecule has 2 heteroatoms. The number of halogens is 1. The quantitative estimate of drug-likeness (QED) is 0.663. The molecule has 20 heavy (non-hydrogen) atoms. The average molecular weight is 338 g/mol. The Labute approximate surface area is 132 Å². The fraction of sp³-hybridized carbons (Fsp3) is 0.667. The van der Waals surface area contributed by atoms with E-state index in [1.165, 1.54) is 67.9 Å². The minimum Gasteiger partial charge on any atom is -0.317 e. The fourth-order valence-corrected chi connectivity index (χ4v) is 3.78. The molecule has 0 aliphatic heterocycles.